The number of piperidine rings is 1. The van der Waals surface area contributed by atoms with E-state index in [9.17, 15) is 14.9 Å². The molecule has 0 bridgehead atoms. The summed E-state index contributed by atoms with van der Waals surface area (Å²) in [6, 6.07) is 7.62. The van der Waals surface area contributed by atoms with Gasteiger partial charge in [-0.25, -0.2) is 9.97 Å². The molecule has 1 aliphatic heterocycles. The maximum atomic E-state index is 12.1. The first-order valence-electron chi connectivity index (χ1n) is 9.81. The molecule has 2 heterocycles. The van der Waals surface area contributed by atoms with Crippen LogP contribution in [0.5, 0.6) is 0 Å². The van der Waals surface area contributed by atoms with Crippen molar-refractivity contribution in [2.24, 2.45) is 5.92 Å². The molecule has 1 aliphatic rings. The number of esters is 1. The minimum atomic E-state index is -0.472. The smallest absolute Gasteiger partial charge is 0.353 e. The first kappa shape index (κ1) is 20.5. The van der Waals surface area contributed by atoms with Gasteiger partial charge in [0.15, 0.2) is 0 Å². The number of nitrogens with zero attached hydrogens (tertiary/aromatic N) is 4. The number of aryl methyl sites for hydroxylation is 1. The molecule has 9 nitrogen and oxygen atoms in total. The van der Waals surface area contributed by atoms with Crippen LogP contribution < -0.4 is 10.2 Å². The number of anilines is 3. The summed E-state index contributed by atoms with van der Waals surface area (Å²) >= 11 is 0. The first-order chi connectivity index (χ1) is 14.0. The summed E-state index contributed by atoms with van der Waals surface area (Å²) in [6.07, 6.45) is 3.52. The first-order valence-corrected chi connectivity index (χ1v) is 9.81. The van der Waals surface area contributed by atoms with E-state index >= 15 is 0 Å². The van der Waals surface area contributed by atoms with E-state index in [0.29, 0.717) is 26.1 Å². The normalized spacial score (nSPS) is 16.3. The van der Waals surface area contributed by atoms with Gasteiger partial charge in [0, 0.05) is 18.8 Å². The maximum absolute atomic E-state index is 12.1. The van der Waals surface area contributed by atoms with Gasteiger partial charge in [-0.1, -0.05) is 25.1 Å². The molecule has 29 heavy (non-hydrogen) atoms. The summed E-state index contributed by atoms with van der Waals surface area (Å²) in [5, 5.41) is 15.0. The lowest BCUT2D eigenvalue weighted by atomic mass is 9.98. The van der Waals surface area contributed by atoms with Crippen LogP contribution in [0, 0.1) is 16.0 Å². The monoisotopic (exact) mass is 399 g/mol. The summed E-state index contributed by atoms with van der Waals surface area (Å²) in [4.78, 5) is 33.7. The number of rotatable bonds is 7. The standard InChI is InChI=1S/C20H25N5O4/c1-3-14-8-5-6-10-16(14)23-18-17(25(27)28)19(22-13-21-18)24-11-7-9-15(12-24)20(26)29-4-2/h5-6,8,10,13,15H,3-4,7,9,11-12H2,1-2H3,(H,21,22,23). The second-order valence-corrected chi connectivity index (χ2v) is 6.82. The summed E-state index contributed by atoms with van der Waals surface area (Å²) in [6.45, 7) is 5.01. The third-order valence-corrected chi connectivity index (χ3v) is 4.98. The van der Waals surface area contributed by atoms with Crippen molar-refractivity contribution in [3.05, 3.63) is 46.3 Å². The Hall–Kier alpha value is -3.23. The molecule has 2 aromatic rings. The van der Waals surface area contributed by atoms with E-state index in [1.54, 1.807) is 11.8 Å². The molecule has 1 fully saturated rings. The number of carbonyl (C=O) groups is 1. The van der Waals surface area contributed by atoms with Crippen LogP contribution in [0.3, 0.4) is 0 Å². The van der Waals surface area contributed by atoms with Crippen molar-refractivity contribution >= 4 is 29.0 Å². The number of nitro groups is 1. The number of hydrogen-bond acceptors (Lipinski definition) is 8. The molecule has 0 spiro atoms. The predicted octanol–water partition coefficient (Wildman–Crippen LogP) is 3.47. The molecule has 1 aromatic heterocycles. The molecule has 1 N–H and O–H groups in total. The third kappa shape index (κ3) is 4.61. The molecular formula is C20H25N5O4. The highest BCUT2D eigenvalue weighted by Gasteiger charge is 2.33. The number of benzene rings is 1. The van der Waals surface area contributed by atoms with E-state index in [1.807, 2.05) is 31.2 Å². The van der Waals surface area contributed by atoms with Crippen LogP contribution in [0.25, 0.3) is 0 Å². The van der Waals surface area contributed by atoms with Gasteiger partial charge in [-0.05, 0) is 37.8 Å². The fourth-order valence-electron chi connectivity index (χ4n) is 3.56. The fourth-order valence-corrected chi connectivity index (χ4v) is 3.56. The minimum absolute atomic E-state index is 0.138. The molecule has 0 amide bonds. The molecular weight excluding hydrogens is 374 g/mol. The van der Waals surface area contributed by atoms with Crippen molar-refractivity contribution in [2.45, 2.75) is 33.1 Å². The number of nitrogens with one attached hydrogen (secondary N) is 1. The molecule has 0 radical (unpaired) electrons. The van der Waals surface area contributed by atoms with E-state index in [0.717, 1.165) is 24.1 Å². The van der Waals surface area contributed by atoms with E-state index in [4.69, 9.17) is 4.74 Å². The molecule has 3 rings (SSSR count). The molecule has 1 atom stereocenters. The van der Waals surface area contributed by atoms with Crippen molar-refractivity contribution in [3.8, 4) is 0 Å². The van der Waals surface area contributed by atoms with E-state index < -0.39 is 4.92 Å². The van der Waals surface area contributed by atoms with Gasteiger partial charge in [0.2, 0.25) is 11.6 Å². The van der Waals surface area contributed by atoms with E-state index in [2.05, 4.69) is 15.3 Å². The second-order valence-electron chi connectivity index (χ2n) is 6.82. The zero-order chi connectivity index (χ0) is 20.8. The number of hydrogen-bond donors (Lipinski definition) is 1. The zero-order valence-corrected chi connectivity index (χ0v) is 16.6. The van der Waals surface area contributed by atoms with Gasteiger partial charge in [-0.3, -0.25) is 14.9 Å². The van der Waals surface area contributed by atoms with Crippen LogP contribution in [-0.4, -0.2) is 40.6 Å². The van der Waals surface area contributed by atoms with Gasteiger partial charge in [-0.15, -0.1) is 0 Å². The van der Waals surface area contributed by atoms with Crippen molar-refractivity contribution in [1.82, 2.24) is 9.97 Å². The van der Waals surface area contributed by atoms with Crippen LogP contribution in [0.4, 0.5) is 23.0 Å². The number of carbonyl (C=O) groups excluding carboxylic acids is 1. The van der Waals surface area contributed by atoms with Gasteiger partial charge in [-0.2, -0.15) is 0 Å². The Morgan fingerprint density at radius 1 is 1.34 bits per heavy atom. The van der Waals surface area contributed by atoms with E-state index in [-0.39, 0.29) is 29.2 Å². The van der Waals surface area contributed by atoms with Crippen LogP contribution in [-0.2, 0) is 16.0 Å². The Bertz CT molecular complexity index is 889. The Morgan fingerprint density at radius 2 is 2.14 bits per heavy atom. The average Bonchev–Trinajstić information content (AvgIpc) is 2.74. The summed E-state index contributed by atoms with van der Waals surface area (Å²) in [5.74, 6) is -0.241. The van der Waals surface area contributed by atoms with Crippen molar-refractivity contribution < 1.29 is 14.5 Å². The summed E-state index contributed by atoms with van der Waals surface area (Å²) in [7, 11) is 0. The number of ether oxygens (including phenoxy) is 1. The fraction of sp³-hybridized carbons (Fsp3) is 0.450. The van der Waals surface area contributed by atoms with Crippen LogP contribution >= 0.6 is 0 Å². The quantitative estimate of drug-likeness (QED) is 0.428. The second kappa shape index (κ2) is 9.31. The molecule has 154 valence electrons. The highest BCUT2D eigenvalue weighted by molar-refractivity contribution is 5.77. The van der Waals surface area contributed by atoms with Crippen LogP contribution in [0.1, 0.15) is 32.3 Å². The molecule has 0 aliphatic carbocycles. The van der Waals surface area contributed by atoms with Gasteiger partial charge in [0.1, 0.15) is 6.33 Å². The molecule has 0 saturated carbocycles. The lowest BCUT2D eigenvalue weighted by molar-refractivity contribution is -0.383. The Kier molecular flexibility index (Phi) is 6.58. The number of para-hydroxylation sites is 1. The average molecular weight is 399 g/mol. The van der Waals surface area contributed by atoms with Crippen molar-refractivity contribution in [3.63, 3.8) is 0 Å². The Labute approximate surface area is 169 Å². The summed E-state index contributed by atoms with van der Waals surface area (Å²) in [5.41, 5.74) is 1.61. The zero-order valence-electron chi connectivity index (χ0n) is 16.6. The SMILES string of the molecule is CCOC(=O)C1CCCN(c2ncnc(Nc3ccccc3CC)c2[N+](=O)[O-])C1. The van der Waals surface area contributed by atoms with Crippen molar-refractivity contribution in [2.75, 3.05) is 29.9 Å². The van der Waals surface area contributed by atoms with Crippen LogP contribution in [0.15, 0.2) is 30.6 Å². The van der Waals surface area contributed by atoms with Crippen LogP contribution in [0.2, 0.25) is 0 Å². The molecule has 1 unspecified atom stereocenters. The Balaban J connectivity index is 1.93. The Morgan fingerprint density at radius 3 is 2.86 bits per heavy atom. The van der Waals surface area contributed by atoms with E-state index in [1.165, 1.54) is 6.33 Å². The third-order valence-electron chi connectivity index (χ3n) is 4.98. The molecule has 1 saturated heterocycles. The van der Waals surface area contributed by atoms with Gasteiger partial charge in [0.05, 0.1) is 17.4 Å². The lowest BCUT2D eigenvalue weighted by Crippen LogP contribution is -2.40. The highest BCUT2D eigenvalue weighted by Crippen LogP contribution is 2.36. The topological polar surface area (TPSA) is 110 Å². The highest BCUT2D eigenvalue weighted by atomic mass is 16.6. The minimum Gasteiger partial charge on any atom is -0.466 e. The van der Waals surface area contributed by atoms with Gasteiger partial charge >= 0.3 is 11.7 Å². The number of aromatic nitrogens is 2. The lowest BCUT2D eigenvalue weighted by Gasteiger charge is -2.32. The van der Waals surface area contributed by atoms with Gasteiger partial charge < -0.3 is 15.0 Å². The molecule has 9 heteroatoms. The maximum Gasteiger partial charge on any atom is 0.353 e. The predicted molar refractivity (Wildman–Crippen MR) is 109 cm³/mol. The summed E-state index contributed by atoms with van der Waals surface area (Å²) < 4.78 is 5.13. The van der Waals surface area contributed by atoms with Crippen molar-refractivity contribution in [1.29, 1.82) is 0 Å². The van der Waals surface area contributed by atoms with Gasteiger partial charge in [0.25, 0.3) is 0 Å². The molecule has 1 aromatic carbocycles. The largest absolute Gasteiger partial charge is 0.466 e.